The molecule has 1 aromatic heterocycles. The molecule has 2 saturated heterocycles. The second kappa shape index (κ2) is 6.15. The highest BCUT2D eigenvalue weighted by Crippen LogP contribution is 2.32. The first kappa shape index (κ1) is 16.1. The van der Waals surface area contributed by atoms with Gasteiger partial charge in [-0.1, -0.05) is 0 Å². The summed E-state index contributed by atoms with van der Waals surface area (Å²) in [6, 6.07) is 6.78. The van der Waals surface area contributed by atoms with Gasteiger partial charge in [-0.3, -0.25) is 19.6 Å². The van der Waals surface area contributed by atoms with Crippen LogP contribution in [0.3, 0.4) is 0 Å². The molecule has 7 heteroatoms. The first-order valence-corrected chi connectivity index (χ1v) is 8.81. The number of carbonyl (C=O) groups is 2. The van der Waals surface area contributed by atoms with Gasteiger partial charge < -0.3 is 10.2 Å². The lowest BCUT2D eigenvalue weighted by molar-refractivity contribution is -0.134. The monoisotopic (exact) mass is 341 g/mol. The number of imide groups is 1. The summed E-state index contributed by atoms with van der Waals surface area (Å²) in [5.74, 6) is -0.792. The van der Waals surface area contributed by atoms with E-state index in [1.807, 2.05) is 11.7 Å². The number of piperidine rings is 1. The number of benzene rings is 1. The number of aromatic nitrogens is 2. The van der Waals surface area contributed by atoms with Crippen LogP contribution in [0.4, 0.5) is 5.69 Å². The Balaban J connectivity index is 1.69. The van der Waals surface area contributed by atoms with Crippen molar-refractivity contribution in [3.8, 4) is 0 Å². The van der Waals surface area contributed by atoms with Gasteiger partial charge in [0.05, 0.1) is 17.1 Å². The van der Waals surface area contributed by atoms with Crippen molar-refractivity contribution in [3.05, 3.63) is 23.9 Å². The van der Waals surface area contributed by atoms with Gasteiger partial charge in [0.25, 0.3) is 0 Å². The Hall–Kier alpha value is -2.41. The molecule has 2 aliphatic heterocycles. The molecule has 2 aliphatic rings. The number of carbonyl (C=O) groups excluding carboxylic acids is 2. The van der Waals surface area contributed by atoms with E-state index in [9.17, 15) is 9.59 Å². The molecule has 0 aliphatic carbocycles. The molecule has 1 aromatic carbocycles. The predicted octanol–water partition coefficient (Wildman–Crippen LogP) is 0.892. The van der Waals surface area contributed by atoms with E-state index < -0.39 is 0 Å². The van der Waals surface area contributed by atoms with Gasteiger partial charge in [0, 0.05) is 50.2 Å². The fraction of sp³-hybridized carbons (Fsp3) is 0.500. The van der Waals surface area contributed by atoms with E-state index in [0.717, 1.165) is 36.2 Å². The number of hydrogen-bond donors (Lipinski definition) is 2. The lowest BCUT2D eigenvalue weighted by atomic mass is 9.93. The Bertz CT molecular complexity index is 843. The summed E-state index contributed by atoms with van der Waals surface area (Å²) in [7, 11) is 1.90. The largest absolute Gasteiger partial charge is 0.369 e. The molecule has 2 N–H and O–H groups in total. The van der Waals surface area contributed by atoms with Crippen LogP contribution in [-0.2, 0) is 16.6 Å². The first-order valence-electron chi connectivity index (χ1n) is 8.81. The van der Waals surface area contributed by atoms with Crippen molar-refractivity contribution in [2.75, 3.05) is 24.5 Å². The average Bonchev–Trinajstić information content (AvgIpc) is 2.91. The summed E-state index contributed by atoms with van der Waals surface area (Å²) in [5, 5.41) is 11.5. The zero-order chi connectivity index (χ0) is 17.6. The lowest BCUT2D eigenvalue weighted by Gasteiger charge is -2.33. The SMILES string of the molecule is C[C@@H]1CN(c2ccc3c(C4CCC(=O)NC4=O)nn(C)c3c2)CCN1. The van der Waals surface area contributed by atoms with Crippen LogP contribution < -0.4 is 15.5 Å². The molecule has 0 radical (unpaired) electrons. The van der Waals surface area contributed by atoms with E-state index in [2.05, 4.69) is 45.8 Å². The van der Waals surface area contributed by atoms with E-state index in [1.165, 1.54) is 5.69 Å². The molecule has 2 fully saturated rings. The lowest BCUT2D eigenvalue weighted by Crippen LogP contribution is -2.49. The van der Waals surface area contributed by atoms with Crippen LogP contribution >= 0.6 is 0 Å². The Morgan fingerprint density at radius 2 is 2.12 bits per heavy atom. The fourth-order valence-electron chi connectivity index (χ4n) is 3.85. The Kier molecular flexibility index (Phi) is 3.95. The molecule has 0 spiro atoms. The predicted molar refractivity (Wildman–Crippen MR) is 95.5 cm³/mol. The zero-order valence-electron chi connectivity index (χ0n) is 14.6. The van der Waals surface area contributed by atoms with Crippen molar-refractivity contribution >= 4 is 28.4 Å². The van der Waals surface area contributed by atoms with Crippen LogP contribution in [0.1, 0.15) is 31.4 Å². The number of piperazine rings is 1. The summed E-state index contributed by atoms with van der Waals surface area (Å²) >= 11 is 0. The number of aryl methyl sites for hydroxylation is 1. The molecule has 132 valence electrons. The van der Waals surface area contributed by atoms with Gasteiger partial charge in [0.2, 0.25) is 11.8 Å². The number of anilines is 1. The Morgan fingerprint density at radius 3 is 2.88 bits per heavy atom. The maximum atomic E-state index is 12.2. The van der Waals surface area contributed by atoms with Crippen LogP contribution in [0, 0.1) is 0 Å². The van der Waals surface area contributed by atoms with E-state index in [4.69, 9.17) is 0 Å². The summed E-state index contributed by atoms with van der Waals surface area (Å²) in [6.45, 7) is 5.12. The maximum absolute atomic E-state index is 12.2. The van der Waals surface area contributed by atoms with Crippen molar-refractivity contribution in [1.29, 1.82) is 0 Å². The highest BCUT2D eigenvalue weighted by molar-refractivity contribution is 6.02. The molecule has 0 saturated carbocycles. The van der Waals surface area contributed by atoms with Gasteiger partial charge in [-0.15, -0.1) is 0 Å². The molecule has 3 heterocycles. The second-order valence-corrected chi connectivity index (χ2v) is 7.02. The van der Waals surface area contributed by atoms with Crippen LogP contribution in [0.25, 0.3) is 10.9 Å². The molecular formula is C18H23N5O2. The normalized spacial score (nSPS) is 24.6. The van der Waals surface area contributed by atoms with E-state index >= 15 is 0 Å². The van der Waals surface area contributed by atoms with Gasteiger partial charge in [-0.25, -0.2) is 0 Å². The average molecular weight is 341 g/mol. The summed E-state index contributed by atoms with van der Waals surface area (Å²) < 4.78 is 1.84. The highest BCUT2D eigenvalue weighted by Gasteiger charge is 2.31. The molecule has 2 atom stereocenters. The molecule has 2 aromatic rings. The number of amides is 2. The maximum Gasteiger partial charge on any atom is 0.235 e. The summed E-state index contributed by atoms with van der Waals surface area (Å²) in [4.78, 5) is 26.0. The number of fused-ring (bicyclic) bond motifs is 1. The van der Waals surface area contributed by atoms with Crippen molar-refractivity contribution in [2.45, 2.75) is 31.7 Å². The van der Waals surface area contributed by atoms with Crippen LogP contribution in [0.15, 0.2) is 18.2 Å². The number of rotatable bonds is 2. The van der Waals surface area contributed by atoms with Crippen molar-refractivity contribution in [3.63, 3.8) is 0 Å². The molecule has 0 bridgehead atoms. The van der Waals surface area contributed by atoms with Crippen LogP contribution in [-0.4, -0.2) is 47.3 Å². The van der Waals surface area contributed by atoms with Crippen molar-refractivity contribution < 1.29 is 9.59 Å². The molecule has 4 rings (SSSR count). The molecular weight excluding hydrogens is 318 g/mol. The van der Waals surface area contributed by atoms with Crippen LogP contribution in [0.5, 0.6) is 0 Å². The topological polar surface area (TPSA) is 79.3 Å². The first-order chi connectivity index (χ1) is 12.0. The van der Waals surface area contributed by atoms with Gasteiger partial charge in [-0.05, 0) is 31.5 Å². The Labute approximate surface area is 146 Å². The highest BCUT2D eigenvalue weighted by atomic mass is 16.2. The van der Waals surface area contributed by atoms with E-state index in [0.29, 0.717) is 18.9 Å². The summed E-state index contributed by atoms with van der Waals surface area (Å²) in [6.07, 6.45) is 0.888. The summed E-state index contributed by atoms with van der Waals surface area (Å²) in [5.41, 5.74) is 2.96. The second-order valence-electron chi connectivity index (χ2n) is 7.02. The molecule has 2 amide bonds. The minimum atomic E-state index is -0.355. The van der Waals surface area contributed by atoms with E-state index in [-0.39, 0.29) is 17.7 Å². The minimum absolute atomic E-state index is 0.198. The molecule has 25 heavy (non-hydrogen) atoms. The Morgan fingerprint density at radius 1 is 1.28 bits per heavy atom. The number of nitrogens with zero attached hydrogens (tertiary/aromatic N) is 3. The van der Waals surface area contributed by atoms with Crippen molar-refractivity contribution in [1.82, 2.24) is 20.4 Å². The smallest absolute Gasteiger partial charge is 0.235 e. The standard InChI is InChI=1S/C18H23N5O2/c1-11-10-23(8-7-19-11)12-3-4-13-15(9-12)22(2)21-17(13)14-5-6-16(24)20-18(14)25/h3-4,9,11,14,19H,5-8,10H2,1-2H3,(H,20,24,25)/t11-,14?/m1/s1. The number of hydrogen-bond acceptors (Lipinski definition) is 5. The fourth-order valence-corrected chi connectivity index (χ4v) is 3.85. The third-order valence-electron chi connectivity index (χ3n) is 5.17. The van der Waals surface area contributed by atoms with Crippen LogP contribution in [0.2, 0.25) is 0 Å². The van der Waals surface area contributed by atoms with Gasteiger partial charge >= 0.3 is 0 Å². The quantitative estimate of drug-likeness (QED) is 0.793. The van der Waals surface area contributed by atoms with E-state index in [1.54, 1.807) is 0 Å². The third-order valence-corrected chi connectivity index (χ3v) is 5.17. The molecule has 7 nitrogen and oxygen atoms in total. The third kappa shape index (κ3) is 2.89. The zero-order valence-corrected chi connectivity index (χ0v) is 14.6. The van der Waals surface area contributed by atoms with Gasteiger partial charge in [-0.2, -0.15) is 5.10 Å². The van der Waals surface area contributed by atoms with Gasteiger partial charge in [0.1, 0.15) is 0 Å². The van der Waals surface area contributed by atoms with Crippen molar-refractivity contribution in [2.24, 2.45) is 7.05 Å². The van der Waals surface area contributed by atoms with Gasteiger partial charge in [0.15, 0.2) is 0 Å². The number of nitrogens with one attached hydrogen (secondary N) is 2. The molecule has 1 unspecified atom stereocenters. The minimum Gasteiger partial charge on any atom is -0.369 e.